The fraction of sp³-hybridized carbons (Fsp3) is 0.381. The first-order valence-corrected chi connectivity index (χ1v) is 11.4. The Morgan fingerprint density at radius 2 is 1.90 bits per heavy atom. The van der Waals surface area contributed by atoms with Gasteiger partial charge in [0.2, 0.25) is 5.91 Å². The molecule has 0 aliphatic heterocycles. The minimum Gasteiger partial charge on any atom is -0.373 e. The van der Waals surface area contributed by atoms with Crippen molar-refractivity contribution in [1.82, 2.24) is 9.97 Å². The number of ether oxygens (including phenoxy) is 1. The summed E-state index contributed by atoms with van der Waals surface area (Å²) in [6, 6.07) is 4.93. The minimum atomic E-state index is -4.34. The van der Waals surface area contributed by atoms with Crippen molar-refractivity contribution in [2.45, 2.75) is 45.6 Å². The molecule has 1 N–H and O–H groups in total. The van der Waals surface area contributed by atoms with Crippen LogP contribution in [0.5, 0.6) is 0 Å². The molecule has 0 unspecified atom stereocenters. The number of halogens is 3. The maximum absolute atomic E-state index is 12.6. The first kappa shape index (κ1) is 21.9. The van der Waals surface area contributed by atoms with Crippen LogP contribution in [0.2, 0.25) is 0 Å². The number of anilines is 1. The summed E-state index contributed by atoms with van der Waals surface area (Å²) in [5, 5.41) is 6.30. The number of carbonyl (C=O) groups is 1. The number of amides is 1. The summed E-state index contributed by atoms with van der Waals surface area (Å²) in [7, 11) is 0. The zero-order valence-electron chi connectivity index (χ0n) is 16.8. The van der Waals surface area contributed by atoms with Crippen molar-refractivity contribution in [2.75, 3.05) is 5.32 Å². The number of rotatable bonds is 6. The highest BCUT2D eigenvalue weighted by atomic mass is 32.1. The van der Waals surface area contributed by atoms with Gasteiger partial charge in [0.25, 0.3) is 0 Å². The van der Waals surface area contributed by atoms with Crippen LogP contribution in [0.1, 0.15) is 34.7 Å². The Morgan fingerprint density at radius 3 is 2.52 bits per heavy atom. The van der Waals surface area contributed by atoms with Crippen LogP contribution in [-0.2, 0) is 22.3 Å². The smallest absolute Gasteiger partial charge is 0.373 e. The first-order chi connectivity index (χ1) is 14.7. The van der Waals surface area contributed by atoms with E-state index in [9.17, 15) is 18.0 Å². The van der Waals surface area contributed by atoms with E-state index in [4.69, 9.17) is 4.74 Å². The van der Waals surface area contributed by atoms with Crippen molar-refractivity contribution in [3.05, 3.63) is 51.5 Å². The molecule has 0 spiro atoms. The van der Waals surface area contributed by atoms with Gasteiger partial charge in [0.15, 0.2) is 5.13 Å². The van der Waals surface area contributed by atoms with Crippen molar-refractivity contribution in [3.8, 4) is 10.6 Å². The first-order valence-electron chi connectivity index (χ1n) is 9.67. The van der Waals surface area contributed by atoms with Crippen molar-refractivity contribution in [3.63, 3.8) is 0 Å². The number of thiazole rings is 2. The van der Waals surface area contributed by atoms with Crippen LogP contribution in [0.15, 0.2) is 29.6 Å². The molecule has 3 aromatic rings. The van der Waals surface area contributed by atoms with E-state index < -0.39 is 11.7 Å². The zero-order chi connectivity index (χ0) is 22.2. The summed E-state index contributed by atoms with van der Waals surface area (Å²) in [4.78, 5) is 22.4. The zero-order valence-corrected chi connectivity index (χ0v) is 18.5. The predicted molar refractivity (Wildman–Crippen MR) is 114 cm³/mol. The molecule has 164 valence electrons. The lowest BCUT2D eigenvalue weighted by molar-refractivity contribution is -0.137. The molecule has 0 saturated heterocycles. The van der Waals surface area contributed by atoms with Gasteiger partial charge in [0.05, 0.1) is 39.5 Å². The summed E-state index contributed by atoms with van der Waals surface area (Å²) < 4.78 is 43.5. The van der Waals surface area contributed by atoms with E-state index in [0.29, 0.717) is 23.5 Å². The van der Waals surface area contributed by atoms with E-state index in [1.165, 1.54) is 23.5 Å². The largest absolute Gasteiger partial charge is 0.416 e. The lowest BCUT2D eigenvalue weighted by atomic mass is 9.81. The normalized spacial score (nSPS) is 18.6. The van der Waals surface area contributed by atoms with Gasteiger partial charge in [0, 0.05) is 11.3 Å². The van der Waals surface area contributed by atoms with Crippen LogP contribution >= 0.6 is 22.7 Å². The number of hydrogen-bond donors (Lipinski definition) is 1. The molecule has 5 nitrogen and oxygen atoms in total. The number of nitrogens with zero attached hydrogens (tertiary/aromatic N) is 2. The van der Waals surface area contributed by atoms with E-state index in [1.54, 1.807) is 11.3 Å². The average Bonchev–Trinajstić information content (AvgIpc) is 3.25. The Balaban J connectivity index is 1.23. The van der Waals surface area contributed by atoms with Crippen LogP contribution < -0.4 is 5.32 Å². The molecule has 2 heterocycles. The van der Waals surface area contributed by atoms with Gasteiger partial charge in [0.1, 0.15) is 0 Å². The van der Waals surface area contributed by atoms with Gasteiger partial charge in [-0.25, -0.2) is 9.97 Å². The van der Waals surface area contributed by atoms with E-state index >= 15 is 0 Å². The molecular formula is C21H20F3N3O2S2. The Hall–Kier alpha value is -2.30. The second kappa shape index (κ2) is 8.68. The molecule has 1 fully saturated rings. The molecule has 4 rings (SSSR count). The van der Waals surface area contributed by atoms with Crippen LogP contribution in [0, 0.1) is 19.8 Å². The molecule has 1 aliphatic rings. The van der Waals surface area contributed by atoms with Gasteiger partial charge in [-0.3, -0.25) is 4.79 Å². The fourth-order valence-corrected chi connectivity index (χ4v) is 4.99. The van der Waals surface area contributed by atoms with E-state index in [2.05, 4.69) is 15.3 Å². The molecule has 1 saturated carbocycles. The number of aryl methyl sites for hydroxylation is 2. The topological polar surface area (TPSA) is 64.1 Å². The molecular weight excluding hydrogens is 447 g/mol. The molecule has 10 heteroatoms. The van der Waals surface area contributed by atoms with Gasteiger partial charge < -0.3 is 10.1 Å². The maximum atomic E-state index is 12.6. The van der Waals surface area contributed by atoms with Crippen molar-refractivity contribution >= 4 is 33.7 Å². The Morgan fingerprint density at radius 1 is 1.19 bits per heavy atom. The number of aromatic nitrogens is 2. The highest BCUT2D eigenvalue weighted by molar-refractivity contribution is 7.16. The second-order valence-corrected chi connectivity index (χ2v) is 9.53. The van der Waals surface area contributed by atoms with Crippen molar-refractivity contribution in [2.24, 2.45) is 5.92 Å². The van der Waals surface area contributed by atoms with Gasteiger partial charge in [-0.1, -0.05) is 12.1 Å². The summed E-state index contributed by atoms with van der Waals surface area (Å²) in [5.74, 6) is -0.246. The quantitative estimate of drug-likeness (QED) is 0.495. The molecule has 1 aliphatic carbocycles. The molecule has 0 atom stereocenters. The Kier molecular flexibility index (Phi) is 6.14. The van der Waals surface area contributed by atoms with E-state index in [-0.39, 0.29) is 24.5 Å². The third-order valence-electron chi connectivity index (χ3n) is 5.10. The number of hydrogen-bond acceptors (Lipinski definition) is 6. The van der Waals surface area contributed by atoms with Crippen LogP contribution in [0.4, 0.5) is 18.3 Å². The molecule has 1 amide bonds. The SMILES string of the molecule is Cc1nc(C)c(-c2csc(NC(=O)C3CC(OCc4ccc(C(F)(F)F)cc4)C3)n2)s1. The average molecular weight is 468 g/mol. The number of alkyl halides is 3. The lowest BCUT2D eigenvalue weighted by Gasteiger charge is -2.33. The van der Waals surface area contributed by atoms with Crippen molar-refractivity contribution < 1.29 is 22.7 Å². The molecule has 1 aromatic carbocycles. The summed E-state index contributed by atoms with van der Waals surface area (Å²) in [6.45, 7) is 4.11. The fourth-order valence-electron chi connectivity index (χ4n) is 3.33. The van der Waals surface area contributed by atoms with Gasteiger partial charge in [-0.05, 0) is 44.4 Å². The van der Waals surface area contributed by atoms with Crippen LogP contribution in [-0.4, -0.2) is 22.0 Å². The maximum Gasteiger partial charge on any atom is 0.416 e. The summed E-state index contributed by atoms with van der Waals surface area (Å²) >= 11 is 2.95. The second-order valence-electron chi connectivity index (χ2n) is 7.47. The molecule has 31 heavy (non-hydrogen) atoms. The third kappa shape index (κ3) is 5.13. The lowest BCUT2D eigenvalue weighted by Crippen LogP contribution is -2.39. The number of nitrogens with one attached hydrogen (secondary N) is 1. The third-order valence-corrected chi connectivity index (χ3v) is 6.96. The minimum absolute atomic E-state index is 0.0762. The monoisotopic (exact) mass is 467 g/mol. The van der Waals surface area contributed by atoms with E-state index in [0.717, 1.165) is 33.4 Å². The van der Waals surface area contributed by atoms with Crippen LogP contribution in [0.25, 0.3) is 10.6 Å². The molecule has 0 radical (unpaired) electrons. The predicted octanol–water partition coefficient (Wildman–Crippen LogP) is 5.84. The summed E-state index contributed by atoms with van der Waals surface area (Å²) in [5.41, 5.74) is 1.74. The summed E-state index contributed by atoms with van der Waals surface area (Å²) in [6.07, 6.45) is -3.26. The highest BCUT2D eigenvalue weighted by Gasteiger charge is 2.35. The highest BCUT2D eigenvalue weighted by Crippen LogP contribution is 2.35. The van der Waals surface area contributed by atoms with Gasteiger partial charge in [-0.15, -0.1) is 22.7 Å². The molecule has 0 bridgehead atoms. The molecule has 2 aromatic heterocycles. The van der Waals surface area contributed by atoms with Gasteiger partial charge >= 0.3 is 6.18 Å². The standard InChI is InChI=1S/C21H20F3N3O2S2/c1-11-18(31-12(2)25-11)17-10-30-20(26-17)27-19(28)14-7-16(8-14)29-9-13-3-5-15(6-4-13)21(22,23)24/h3-6,10,14,16H,7-9H2,1-2H3,(H,26,27,28). The Labute approximate surface area is 185 Å². The Bertz CT molecular complexity index is 1070. The van der Waals surface area contributed by atoms with E-state index in [1.807, 2.05) is 19.2 Å². The number of carbonyl (C=O) groups excluding carboxylic acids is 1. The number of benzene rings is 1. The van der Waals surface area contributed by atoms with Gasteiger partial charge in [-0.2, -0.15) is 13.2 Å². The van der Waals surface area contributed by atoms with Crippen molar-refractivity contribution in [1.29, 1.82) is 0 Å². The van der Waals surface area contributed by atoms with Crippen LogP contribution in [0.3, 0.4) is 0 Å².